The number of hydrogen-bond donors (Lipinski definition) is 1. The first-order valence-corrected chi connectivity index (χ1v) is 13.5. The first-order valence-electron chi connectivity index (χ1n) is 11.8. The summed E-state index contributed by atoms with van der Waals surface area (Å²) in [5.41, 5.74) is 7.49. The van der Waals surface area contributed by atoms with E-state index in [1.165, 1.54) is 16.9 Å². The number of carbonyl (C=O) groups is 1. The zero-order valence-electron chi connectivity index (χ0n) is 19.4. The lowest BCUT2D eigenvalue weighted by Crippen LogP contribution is -2.54. The van der Waals surface area contributed by atoms with Crippen molar-refractivity contribution in [2.24, 2.45) is 0 Å². The van der Waals surface area contributed by atoms with Gasteiger partial charge in [-0.2, -0.15) is 5.10 Å². The summed E-state index contributed by atoms with van der Waals surface area (Å²) in [5.74, 6) is -0.155. The van der Waals surface area contributed by atoms with Crippen LogP contribution in [0.4, 0.5) is 0 Å². The summed E-state index contributed by atoms with van der Waals surface area (Å²) in [5, 5.41) is 10.1. The predicted octanol–water partition coefficient (Wildman–Crippen LogP) is 7.03. The number of aromatic nitrogens is 2. The molecule has 1 N–H and O–H groups in total. The molecule has 3 aromatic rings. The molecular weight excluding hydrogens is 487 g/mol. The molecule has 5 rings (SSSR count). The molecule has 0 saturated carbocycles. The molecule has 0 bridgehead atoms. The number of carbonyl (C=O) groups excluding carboxylic acids is 1. The summed E-state index contributed by atoms with van der Waals surface area (Å²) in [6, 6.07) is 10.1. The fourth-order valence-electron chi connectivity index (χ4n) is 5.10. The van der Waals surface area contributed by atoms with Gasteiger partial charge in [-0.1, -0.05) is 35.7 Å². The molecule has 1 fully saturated rings. The molecule has 1 saturated heterocycles. The summed E-state index contributed by atoms with van der Waals surface area (Å²) < 4.78 is 1.84. The Bertz CT molecular complexity index is 1220. The van der Waals surface area contributed by atoms with E-state index in [9.17, 15) is 4.79 Å². The van der Waals surface area contributed by atoms with Gasteiger partial charge >= 0.3 is 0 Å². The number of rotatable bonds is 4. The number of thiophene rings is 1. The molecule has 2 aliphatic rings. The topological polar surface area (TPSA) is 50.2 Å². The fourth-order valence-corrected chi connectivity index (χ4v) is 6.27. The Morgan fingerprint density at radius 3 is 2.65 bits per heavy atom. The Kier molecular flexibility index (Phi) is 6.85. The van der Waals surface area contributed by atoms with Crippen LogP contribution in [0.1, 0.15) is 72.6 Å². The van der Waals surface area contributed by atoms with Crippen LogP contribution in [0, 0.1) is 0 Å². The highest BCUT2D eigenvalue weighted by Gasteiger charge is 2.32. The van der Waals surface area contributed by atoms with Crippen LogP contribution >= 0.6 is 34.5 Å². The fraction of sp³-hybridized carbons (Fsp3) is 0.385. The Morgan fingerprint density at radius 2 is 1.94 bits per heavy atom. The van der Waals surface area contributed by atoms with Gasteiger partial charge in [0.25, 0.3) is 5.91 Å². The van der Waals surface area contributed by atoms with E-state index in [1.54, 1.807) is 23.5 Å². The van der Waals surface area contributed by atoms with Crippen molar-refractivity contribution in [1.29, 1.82) is 0 Å². The Balaban J connectivity index is 1.61. The van der Waals surface area contributed by atoms with Gasteiger partial charge in [-0.15, -0.1) is 11.3 Å². The van der Waals surface area contributed by atoms with E-state index >= 15 is 0 Å². The third-order valence-corrected chi connectivity index (χ3v) is 8.15. The van der Waals surface area contributed by atoms with Gasteiger partial charge in [0.05, 0.1) is 16.4 Å². The summed E-state index contributed by atoms with van der Waals surface area (Å²) in [7, 11) is 0. The molecule has 178 valence electrons. The predicted molar refractivity (Wildman–Crippen MR) is 141 cm³/mol. The van der Waals surface area contributed by atoms with Crippen molar-refractivity contribution in [1.82, 2.24) is 20.2 Å². The molecular formula is C26H28Cl2N4OS. The van der Waals surface area contributed by atoms with Gasteiger partial charge < -0.3 is 0 Å². The van der Waals surface area contributed by atoms with Gasteiger partial charge in [0.1, 0.15) is 0 Å². The average Bonchev–Trinajstić information content (AvgIpc) is 3.45. The smallest absolute Gasteiger partial charge is 0.283 e. The first-order chi connectivity index (χ1) is 16.4. The Hall–Kier alpha value is -2.12. The molecule has 2 aromatic heterocycles. The number of amides is 1. The maximum Gasteiger partial charge on any atom is 0.286 e. The van der Waals surface area contributed by atoms with Gasteiger partial charge in [-0.05, 0) is 87.2 Å². The Morgan fingerprint density at radius 1 is 1.15 bits per heavy atom. The summed E-state index contributed by atoms with van der Waals surface area (Å²) >= 11 is 14.5. The van der Waals surface area contributed by atoms with Gasteiger partial charge in [0, 0.05) is 27.5 Å². The normalized spacial score (nSPS) is 22.1. The number of fused-ring (bicyclic) bond motifs is 1. The number of hydrazine groups is 1. The molecule has 2 unspecified atom stereocenters. The van der Waals surface area contributed by atoms with Crippen molar-refractivity contribution >= 4 is 52.1 Å². The summed E-state index contributed by atoms with van der Waals surface area (Å²) in [6.07, 6.45) is 8.24. The second-order valence-electron chi connectivity index (χ2n) is 9.20. The quantitative estimate of drug-likeness (QED) is 0.406. The van der Waals surface area contributed by atoms with Gasteiger partial charge in [0.15, 0.2) is 5.69 Å². The third-order valence-electron chi connectivity index (χ3n) is 6.80. The van der Waals surface area contributed by atoms with Crippen molar-refractivity contribution < 1.29 is 4.79 Å². The van der Waals surface area contributed by atoms with Crippen molar-refractivity contribution in [3.05, 3.63) is 67.6 Å². The van der Waals surface area contributed by atoms with E-state index in [1.807, 2.05) is 16.8 Å². The molecule has 34 heavy (non-hydrogen) atoms. The number of nitrogens with one attached hydrogen (secondary N) is 1. The van der Waals surface area contributed by atoms with Crippen molar-refractivity contribution in [3.63, 3.8) is 0 Å². The zero-order chi connectivity index (χ0) is 23.8. The van der Waals surface area contributed by atoms with Gasteiger partial charge in [-0.25, -0.2) is 9.69 Å². The van der Waals surface area contributed by atoms with Crippen LogP contribution in [-0.4, -0.2) is 32.8 Å². The van der Waals surface area contributed by atoms with Gasteiger partial charge in [0.2, 0.25) is 0 Å². The number of benzene rings is 1. The number of piperidine rings is 1. The number of halogens is 2. The van der Waals surface area contributed by atoms with Gasteiger partial charge in [-0.3, -0.25) is 10.2 Å². The highest BCUT2D eigenvalue weighted by molar-refractivity contribution is 7.10. The molecule has 0 spiro atoms. The van der Waals surface area contributed by atoms with Crippen LogP contribution in [0.25, 0.3) is 17.3 Å². The van der Waals surface area contributed by atoms with E-state index in [4.69, 9.17) is 28.3 Å². The minimum atomic E-state index is -0.155. The molecule has 2 atom stereocenters. The zero-order valence-corrected chi connectivity index (χ0v) is 21.7. The molecule has 1 amide bonds. The van der Waals surface area contributed by atoms with Crippen LogP contribution < -0.4 is 5.43 Å². The summed E-state index contributed by atoms with van der Waals surface area (Å²) in [6.45, 7) is 4.33. The minimum Gasteiger partial charge on any atom is -0.283 e. The lowest BCUT2D eigenvalue weighted by molar-refractivity contribution is 0.0365. The molecule has 3 heterocycles. The largest absolute Gasteiger partial charge is 0.286 e. The van der Waals surface area contributed by atoms with E-state index in [0.29, 0.717) is 27.8 Å². The van der Waals surface area contributed by atoms with Crippen LogP contribution in [-0.2, 0) is 6.42 Å². The second-order valence-corrected chi connectivity index (χ2v) is 11.0. The maximum absolute atomic E-state index is 13.6. The molecule has 1 aromatic carbocycles. The maximum atomic E-state index is 13.6. The van der Waals surface area contributed by atoms with E-state index in [-0.39, 0.29) is 5.91 Å². The highest BCUT2D eigenvalue weighted by atomic mass is 35.5. The highest BCUT2D eigenvalue weighted by Crippen LogP contribution is 2.38. The second kappa shape index (κ2) is 9.86. The Labute approximate surface area is 214 Å². The van der Waals surface area contributed by atoms with Crippen LogP contribution in [0.2, 0.25) is 10.0 Å². The van der Waals surface area contributed by atoms with E-state index < -0.39 is 0 Å². The summed E-state index contributed by atoms with van der Waals surface area (Å²) in [4.78, 5) is 14.8. The van der Waals surface area contributed by atoms with E-state index in [2.05, 4.69) is 41.8 Å². The first kappa shape index (κ1) is 23.6. The molecule has 0 radical (unpaired) electrons. The van der Waals surface area contributed by atoms with Crippen molar-refractivity contribution in [3.8, 4) is 5.69 Å². The van der Waals surface area contributed by atoms with Crippen molar-refractivity contribution in [2.45, 2.75) is 64.5 Å². The lowest BCUT2D eigenvalue weighted by atomic mass is 9.90. The molecule has 1 aliphatic heterocycles. The number of allylic oxidation sites excluding steroid dienone is 1. The van der Waals surface area contributed by atoms with Crippen LogP contribution in [0.5, 0.6) is 0 Å². The average molecular weight is 516 g/mol. The van der Waals surface area contributed by atoms with E-state index in [0.717, 1.165) is 49.0 Å². The van der Waals surface area contributed by atoms with Crippen LogP contribution in [0.3, 0.4) is 0 Å². The molecule has 5 nitrogen and oxygen atoms in total. The standard InChI is InChI=1S/C26H28Cl2N4OS/c1-16-6-3-7-17(2)31(16)30-26(33)24-21-10-4-8-18(14-20-9-5-13-34-20)25(21)32(29-24)23-12-11-19(27)15-22(23)28/h5,9,11-17H,3-4,6-8,10H2,1-2H3,(H,30,33)/b18-14+. The molecule has 8 heteroatoms. The number of nitrogens with zero attached hydrogens (tertiary/aromatic N) is 3. The number of hydrogen-bond acceptors (Lipinski definition) is 4. The third kappa shape index (κ3) is 4.57. The minimum absolute atomic E-state index is 0.155. The molecule has 1 aliphatic carbocycles. The van der Waals surface area contributed by atoms with Crippen molar-refractivity contribution in [2.75, 3.05) is 0 Å². The monoisotopic (exact) mass is 514 g/mol. The SMILES string of the molecule is CC1CCCC(C)N1NC(=O)c1nn(-c2ccc(Cl)cc2Cl)c2c1CCC/C2=C\c1cccs1. The lowest BCUT2D eigenvalue weighted by Gasteiger charge is -2.38. The van der Waals surface area contributed by atoms with Crippen LogP contribution in [0.15, 0.2) is 35.7 Å².